The molecule has 2 nitrogen and oxygen atoms in total. The van der Waals surface area contributed by atoms with E-state index < -0.39 is 5.54 Å². The highest BCUT2D eigenvalue weighted by Crippen LogP contribution is 2.12. The first-order valence-corrected chi connectivity index (χ1v) is 7.05. The maximum Gasteiger partial charge on any atom is 0.220 e. The molecular weight excluding hydrogens is 269 g/mol. The maximum atomic E-state index is 11.8. The smallest absolute Gasteiger partial charge is 0.220 e. The Morgan fingerprint density at radius 3 is 2.44 bits per heavy atom. The Labute approximate surface area is 119 Å². The second-order valence-electron chi connectivity index (χ2n) is 4.80. The Morgan fingerprint density at radius 2 is 1.89 bits per heavy atom. The normalized spacial score (nSPS) is 11.3. The van der Waals surface area contributed by atoms with Crippen LogP contribution in [-0.2, 0) is 11.2 Å². The molecule has 0 aromatic heterocycles. The molecule has 0 unspecified atom stereocenters. The number of halogens is 2. The van der Waals surface area contributed by atoms with E-state index in [0.29, 0.717) is 18.2 Å². The van der Waals surface area contributed by atoms with Gasteiger partial charge in [0, 0.05) is 18.2 Å². The molecule has 0 aliphatic rings. The zero-order valence-corrected chi connectivity index (χ0v) is 12.3. The molecule has 1 aromatic rings. The van der Waals surface area contributed by atoms with E-state index >= 15 is 0 Å². The standard InChI is InChI=1S/C14H19Cl2NO/c1-11-5-3-4-6-12(11)7-8-13(18)17-14(2,9-15)10-16/h3-6H,7-10H2,1-2H3,(H,17,18). The fourth-order valence-electron chi connectivity index (χ4n) is 1.64. The molecule has 0 bridgehead atoms. The first-order valence-electron chi connectivity index (χ1n) is 5.98. The number of benzene rings is 1. The average molecular weight is 288 g/mol. The lowest BCUT2D eigenvalue weighted by Crippen LogP contribution is -2.49. The largest absolute Gasteiger partial charge is 0.349 e. The van der Waals surface area contributed by atoms with Crippen LogP contribution in [0.25, 0.3) is 0 Å². The predicted molar refractivity (Wildman–Crippen MR) is 77.5 cm³/mol. The van der Waals surface area contributed by atoms with Crippen molar-refractivity contribution >= 4 is 29.1 Å². The minimum atomic E-state index is -0.522. The molecule has 0 saturated heterocycles. The second kappa shape index (κ2) is 7.01. The Balaban J connectivity index is 2.50. The van der Waals surface area contributed by atoms with Crippen LogP contribution in [0.3, 0.4) is 0 Å². The first-order chi connectivity index (χ1) is 8.50. The highest BCUT2D eigenvalue weighted by atomic mass is 35.5. The Kier molecular flexibility index (Phi) is 5.97. The van der Waals surface area contributed by atoms with Crippen molar-refractivity contribution in [2.45, 2.75) is 32.2 Å². The SMILES string of the molecule is Cc1ccccc1CCC(=O)NC(C)(CCl)CCl. The molecule has 0 spiro atoms. The third-order valence-electron chi connectivity index (χ3n) is 2.91. The number of aryl methyl sites for hydroxylation is 2. The lowest BCUT2D eigenvalue weighted by molar-refractivity contribution is -0.122. The van der Waals surface area contributed by atoms with Gasteiger partial charge in [-0.05, 0) is 31.4 Å². The zero-order valence-electron chi connectivity index (χ0n) is 10.8. The summed E-state index contributed by atoms with van der Waals surface area (Å²) in [6, 6.07) is 8.08. The number of nitrogens with one attached hydrogen (secondary N) is 1. The van der Waals surface area contributed by atoms with Gasteiger partial charge in [-0.15, -0.1) is 23.2 Å². The van der Waals surface area contributed by atoms with Crippen LogP contribution in [-0.4, -0.2) is 23.2 Å². The van der Waals surface area contributed by atoms with Crippen molar-refractivity contribution in [1.29, 1.82) is 0 Å². The van der Waals surface area contributed by atoms with Crippen molar-refractivity contribution in [3.8, 4) is 0 Å². The summed E-state index contributed by atoms with van der Waals surface area (Å²) in [5.41, 5.74) is 1.89. The van der Waals surface area contributed by atoms with Crippen LogP contribution in [0.1, 0.15) is 24.5 Å². The van der Waals surface area contributed by atoms with Crippen molar-refractivity contribution in [2.24, 2.45) is 0 Å². The first kappa shape index (κ1) is 15.3. The summed E-state index contributed by atoms with van der Waals surface area (Å²) < 4.78 is 0. The summed E-state index contributed by atoms with van der Waals surface area (Å²) in [6.07, 6.45) is 1.19. The van der Waals surface area contributed by atoms with Crippen LogP contribution in [0, 0.1) is 6.92 Å². The van der Waals surface area contributed by atoms with Gasteiger partial charge >= 0.3 is 0 Å². The van der Waals surface area contributed by atoms with Gasteiger partial charge in [0.15, 0.2) is 0 Å². The van der Waals surface area contributed by atoms with E-state index in [2.05, 4.69) is 18.3 Å². The summed E-state index contributed by atoms with van der Waals surface area (Å²) in [7, 11) is 0. The van der Waals surface area contributed by atoms with Crippen LogP contribution in [0.5, 0.6) is 0 Å². The van der Waals surface area contributed by atoms with Gasteiger partial charge in [0.1, 0.15) is 0 Å². The number of carbonyl (C=O) groups excluding carboxylic acids is 1. The predicted octanol–water partition coefficient (Wildman–Crippen LogP) is 3.28. The molecule has 0 aliphatic heterocycles. The fraction of sp³-hybridized carbons (Fsp3) is 0.500. The molecule has 1 aromatic carbocycles. The summed E-state index contributed by atoms with van der Waals surface area (Å²) in [6.45, 7) is 3.90. The van der Waals surface area contributed by atoms with Gasteiger partial charge in [-0.2, -0.15) is 0 Å². The molecule has 0 aliphatic carbocycles. The molecule has 1 rings (SSSR count). The fourth-order valence-corrected chi connectivity index (χ4v) is 2.06. The molecule has 4 heteroatoms. The average Bonchev–Trinajstić information content (AvgIpc) is 2.37. The molecule has 0 heterocycles. The molecule has 0 saturated carbocycles. The van der Waals surface area contributed by atoms with Crippen molar-refractivity contribution < 1.29 is 4.79 Å². The molecule has 0 fully saturated rings. The molecule has 100 valence electrons. The maximum absolute atomic E-state index is 11.8. The van der Waals surface area contributed by atoms with Crippen LogP contribution in [0.2, 0.25) is 0 Å². The third kappa shape index (κ3) is 4.51. The Hall–Kier alpha value is -0.730. The lowest BCUT2D eigenvalue weighted by Gasteiger charge is -2.25. The van der Waals surface area contributed by atoms with E-state index in [1.807, 2.05) is 25.1 Å². The van der Waals surface area contributed by atoms with Gasteiger partial charge in [0.25, 0.3) is 0 Å². The summed E-state index contributed by atoms with van der Waals surface area (Å²) >= 11 is 11.6. The molecule has 0 radical (unpaired) electrons. The number of carbonyl (C=O) groups is 1. The van der Waals surface area contributed by atoms with E-state index in [1.54, 1.807) is 0 Å². The van der Waals surface area contributed by atoms with E-state index in [-0.39, 0.29) is 5.91 Å². The monoisotopic (exact) mass is 287 g/mol. The Morgan fingerprint density at radius 1 is 1.28 bits per heavy atom. The molecule has 0 atom stereocenters. The highest BCUT2D eigenvalue weighted by Gasteiger charge is 2.23. The highest BCUT2D eigenvalue weighted by molar-refractivity contribution is 6.22. The van der Waals surface area contributed by atoms with Crippen LogP contribution >= 0.6 is 23.2 Å². The minimum Gasteiger partial charge on any atom is -0.349 e. The second-order valence-corrected chi connectivity index (χ2v) is 5.34. The van der Waals surface area contributed by atoms with Gasteiger partial charge < -0.3 is 5.32 Å². The summed E-state index contributed by atoms with van der Waals surface area (Å²) in [5, 5.41) is 2.88. The lowest BCUT2D eigenvalue weighted by atomic mass is 10.0. The van der Waals surface area contributed by atoms with Gasteiger partial charge in [-0.25, -0.2) is 0 Å². The molecular formula is C14H19Cl2NO. The van der Waals surface area contributed by atoms with E-state index in [4.69, 9.17) is 23.2 Å². The minimum absolute atomic E-state index is 0.0120. The number of rotatable bonds is 6. The zero-order chi connectivity index (χ0) is 13.6. The van der Waals surface area contributed by atoms with Gasteiger partial charge in [0.05, 0.1) is 5.54 Å². The number of hydrogen-bond acceptors (Lipinski definition) is 1. The number of hydrogen-bond donors (Lipinski definition) is 1. The summed E-state index contributed by atoms with van der Waals surface area (Å²) in [5.74, 6) is 0.612. The Bertz CT molecular complexity index is 403. The molecule has 18 heavy (non-hydrogen) atoms. The van der Waals surface area contributed by atoms with Gasteiger partial charge in [-0.3, -0.25) is 4.79 Å². The number of alkyl halides is 2. The summed E-state index contributed by atoms with van der Waals surface area (Å²) in [4.78, 5) is 11.8. The van der Waals surface area contributed by atoms with Crippen molar-refractivity contribution in [1.82, 2.24) is 5.32 Å². The van der Waals surface area contributed by atoms with Crippen LogP contribution < -0.4 is 5.32 Å². The molecule has 1 amide bonds. The van der Waals surface area contributed by atoms with E-state index in [9.17, 15) is 4.79 Å². The van der Waals surface area contributed by atoms with E-state index in [0.717, 1.165) is 6.42 Å². The van der Waals surface area contributed by atoms with Crippen molar-refractivity contribution in [3.05, 3.63) is 35.4 Å². The third-order valence-corrected chi connectivity index (χ3v) is 4.09. The van der Waals surface area contributed by atoms with Gasteiger partial charge in [0.2, 0.25) is 5.91 Å². The quantitative estimate of drug-likeness (QED) is 0.800. The number of amides is 1. The van der Waals surface area contributed by atoms with Crippen LogP contribution in [0.4, 0.5) is 0 Å². The van der Waals surface area contributed by atoms with Gasteiger partial charge in [-0.1, -0.05) is 24.3 Å². The van der Waals surface area contributed by atoms with Crippen molar-refractivity contribution in [2.75, 3.05) is 11.8 Å². The molecule has 1 N–H and O–H groups in total. The topological polar surface area (TPSA) is 29.1 Å². The van der Waals surface area contributed by atoms with Crippen LogP contribution in [0.15, 0.2) is 24.3 Å². The van der Waals surface area contributed by atoms with E-state index in [1.165, 1.54) is 11.1 Å². The van der Waals surface area contributed by atoms with Crippen molar-refractivity contribution in [3.63, 3.8) is 0 Å².